The van der Waals surface area contributed by atoms with Crippen molar-refractivity contribution in [2.24, 2.45) is 4.99 Å². The van der Waals surface area contributed by atoms with Crippen molar-refractivity contribution in [1.29, 1.82) is 0 Å². The molecule has 3 rings (SSSR count). The van der Waals surface area contributed by atoms with Gasteiger partial charge in [-0.15, -0.1) is 0 Å². The van der Waals surface area contributed by atoms with Crippen LogP contribution in [0.3, 0.4) is 0 Å². The number of ether oxygens (including phenoxy) is 1. The van der Waals surface area contributed by atoms with Gasteiger partial charge in [-0.05, 0) is 75.8 Å². The summed E-state index contributed by atoms with van der Waals surface area (Å²) >= 11 is 3.55. The number of amides is 1. The molecule has 0 spiro atoms. The van der Waals surface area contributed by atoms with E-state index in [4.69, 9.17) is 4.74 Å². The average Bonchev–Trinajstić information content (AvgIpc) is 2.89. The summed E-state index contributed by atoms with van der Waals surface area (Å²) in [5, 5.41) is 0.686. The van der Waals surface area contributed by atoms with E-state index in [-0.39, 0.29) is 11.7 Å². The minimum atomic E-state index is -0.276. The third kappa shape index (κ3) is 4.27. The number of aliphatic imine (C=N–C) groups is 1. The molecule has 134 valence electrons. The van der Waals surface area contributed by atoms with E-state index in [9.17, 15) is 9.18 Å². The first kappa shape index (κ1) is 18.9. The summed E-state index contributed by atoms with van der Waals surface area (Å²) in [6, 6.07) is 12.0. The SMILES string of the molecule is CN=C1S/C(=C\c2ccc(OCc3cccc(F)c3)c(I)c2)C(=O)N1C. The van der Waals surface area contributed by atoms with Gasteiger partial charge in [0.05, 0.1) is 8.48 Å². The molecule has 0 atom stereocenters. The minimum absolute atomic E-state index is 0.0583. The van der Waals surface area contributed by atoms with Crippen LogP contribution >= 0.6 is 34.4 Å². The van der Waals surface area contributed by atoms with Crippen molar-refractivity contribution in [3.63, 3.8) is 0 Å². The summed E-state index contributed by atoms with van der Waals surface area (Å²) < 4.78 is 19.9. The van der Waals surface area contributed by atoms with Crippen molar-refractivity contribution >= 4 is 51.5 Å². The number of hydrogen-bond donors (Lipinski definition) is 0. The van der Waals surface area contributed by atoms with Crippen LogP contribution < -0.4 is 4.74 Å². The summed E-state index contributed by atoms with van der Waals surface area (Å²) in [4.78, 5) is 18.5. The summed E-state index contributed by atoms with van der Waals surface area (Å²) in [7, 11) is 3.38. The molecule has 0 N–H and O–H groups in total. The van der Waals surface area contributed by atoms with Gasteiger partial charge in [-0.3, -0.25) is 14.7 Å². The van der Waals surface area contributed by atoms with Crippen LogP contribution in [-0.4, -0.2) is 30.1 Å². The van der Waals surface area contributed by atoms with Crippen LogP contribution in [0.2, 0.25) is 0 Å². The third-order valence-corrected chi connectivity index (χ3v) is 5.73. The van der Waals surface area contributed by atoms with Crippen molar-refractivity contribution < 1.29 is 13.9 Å². The lowest BCUT2D eigenvalue weighted by Gasteiger charge is -2.09. The molecule has 0 bridgehead atoms. The van der Waals surface area contributed by atoms with Crippen molar-refractivity contribution in [3.05, 3.63) is 67.9 Å². The molecule has 7 heteroatoms. The highest BCUT2D eigenvalue weighted by atomic mass is 127. The molecule has 0 radical (unpaired) electrons. The van der Waals surface area contributed by atoms with Crippen molar-refractivity contribution in [2.75, 3.05) is 14.1 Å². The van der Waals surface area contributed by atoms with Gasteiger partial charge in [-0.25, -0.2) is 4.39 Å². The van der Waals surface area contributed by atoms with Gasteiger partial charge in [0.15, 0.2) is 5.17 Å². The summed E-state index contributed by atoms with van der Waals surface area (Å²) in [5.74, 6) is 0.383. The average molecular weight is 482 g/mol. The maximum absolute atomic E-state index is 13.2. The van der Waals surface area contributed by atoms with Gasteiger partial charge in [-0.1, -0.05) is 18.2 Å². The molecule has 2 aromatic carbocycles. The third-order valence-electron chi connectivity index (χ3n) is 3.73. The zero-order valence-electron chi connectivity index (χ0n) is 14.2. The molecule has 26 heavy (non-hydrogen) atoms. The second-order valence-corrected chi connectivity index (χ2v) is 7.76. The maximum atomic E-state index is 13.2. The van der Waals surface area contributed by atoms with E-state index in [0.717, 1.165) is 20.4 Å². The molecule has 1 aliphatic heterocycles. The fourth-order valence-corrected chi connectivity index (χ4v) is 4.03. The Morgan fingerprint density at radius 3 is 2.77 bits per heavy atom. The van der Waals surface area contributed by atoms with E-state index in [0.29, 0.717) is 16.7 Å². The normalized spacial score (nSPS) is 17.4. The lowest BCUT2D eigenvalue weighted by atomic mass is 10.2. The monoisotopic (exact) mass is 482 g/mol. The number of carbonyl (C=O) groups excluding carboxylic acids is 1. The van der Waals surface area contributed by atoms with Gasteiger partial charge < -0.3 is 4.74 Å². The predicted octanol–water partition coefficient (Wildman–Crippen LogP) is 4.54. The molecule has 4 nitrogen and oxygen atoms in total. The van der Waals surface area contributed by atoms with Crippen LogP contribution in [0, 0.1) is 9.39 Å². The van der Waals surface area contributed by atoms with E-state index >= 15 is 0 Å². The Hall–Kier alpha value is -1.87. The highest BCUT2D eigenvalue weighted by Gasteiger charge is 2.29. The minimum Gasteiger partial charge on any atom is -0.488 e. The summed E-state index contributed by atoms with van der Waals surface area (Å²) in [6.07, 6.45) is 1.85. The molecule has 1 aliphatic rings. The standard InChI is InChI=1S/C19H16FIN2O2S/c1-22-19-23(2)18(24)17(26-19)10-12-6-7-16(15(21)9-12)25-11-13-4-3-5-14(20)8-13/h3-10H,11H2,1-2H3/b17-10-,22-19?. The highest BCUT2D eigenvalue weighted by Crippen LogP contribution is 2.32. The maximum Gasteiger partial charge on any atom is 0.266 e. The Labute approximate surface area is 169 Å². The lowest BCUT2D eigenvalue weighted by molar-refractivity contribution is -0.121. The smallest absolute Gasteiger partial charge is 0.266 e. The molecule has 1 fully saturated rings. The number of nitrogens with zero attached hydrogens (tertiary/aromatic N) is 2. The number of likely N-dealkylation sites (N-methyl/N-ethyl adjacent to an activating group) is 1. The second-order valence-electron chi connectivity index (χ2n) is 5.59. The molecule has 1 heterocycles. The largest absolute Gasteiger partial charge is 0.488 e. The van der Waals surface area contributed by atoms with Crippen LogP contribution in [-0.2, 0) is 11.4 Å². The van der Waals surface area contributed by atoms with Crippen molar-refractivity contribution in [2.45, 2.75) is 6.61 Å². The predicted molar refractivity (Wildman–Crippen MR) is 112 cm³/mol. The van der Waals surface area contributed by atoms with Gasteiger partial charge in [0.2, 0.25) is 0 Å². The molecule has 0 aromatic heterocycles. The first-order chi connectivity index (χ1) is 12.5. The molecule has 1 amide bonds. The number of amidine groups is 1. The van der Waals surface area contributed by atoms with E-state index in [2.05, 4.69) is 27.6 Å². The Morgan fingerprint density at radius 1 is 1.31 bits per heavy atom. The Kier molecular flexibility index (Phi) is 5.98. The molecule has 1 saturated heterocycles. The molecule has 0 aliphatic carbocycles. The van der Waals surface area contributed by atoms with Gasteiger partial charge in [-0.2, -0.15) is 0 Å². The van der Waals surface area contributed by atoms with Crippen LogP contribution in [0.1, 0.15) is 11.1 Å². The topological polar surface area (TPSA) is 41.9 Å². The van der Waals surface area contributed by atoms with E-state index in [1.807, 2.05) is 30.3 Å². The van der Waals surface area contributed by atoms with Crippen LogP contribution in [0.15, 0.2) is 52.4 Å². The first-order valence-corrected chi connectivity index (χ1v) is 9.68. The van der Waals surface area contributed by atoms with E-state index < -0.39 is 0 Å². The fraction of sp³-hybridized carbons (Fsp3) is 0.158. The van der Waals surface area contributed by atoms with Crippen LogP contribution in [0.25, 0.3) is 6.08 Å². The van der Waals surface area contributed by atoms with Gasteiger partial charge in [0.1, 0.15) is 18.2 Å². The number of benzene rings is 2. The van der Waals surface area contributed by atoms with E-state index in [1.54, 1.807) is 20.2 Å². The summed E-state index contributed by atoms with van der Waals surface area (Å²) in [5.41, 5.74) is 1.68. The molecular formula is C19H16FIN2O2S. The number of hydrogen-bond acceptors (Lipinski definition) is 4. The van der Waals surface area contributed by atoms with Crippen molar-refractivity contribution in [1.82, 2.24) is 4.90 Å². The first-order valence-electron chi connectivity index (χ1n) is 7.79. The number of rotatable bonds is 4. The number of thioether (sulfide) groups is 1. The van der Waals surface area contributed by atoms with Crippen LogP contribution in [0.4, 0.5) is 4.39 Å². The number of carbonyl (C=O) groups is 1. The molecule has 0 unspecified atom stereocenters. The second kappa shape index (κ2) is 8.22. The van der Waals surface area contributed by atoms with Crippen molar-refractivity contribution in [3.8, 4) is 5.75 Å². The van der Waals surface area contributed by atoms with Gasteiger partial charge >= 0.3 is 0 Å². The Bertz CT molecular complexity index is 914. The molecule has 2 aromatic rings. The summed E-state index contributed by atoms with van der Waals surface area (Å²) in [6.45, 7) is 0.295. The van der Waals surface area contributed by atoms with E-state index in [1.165, 1.54) is 28.8 Å². The Balaban J connectivity index is 1.74. The zero-order chi connectivity index (χ0) is 18.7. The fourth-order valence-electron chi connectivity index (χ4n) is 2.41. The molecule has 0 saturated carbocycles. The van der Waals surface area contributed by atoms with Gasteiger partial charge in [0.25, 0.3) is 5.91 Å². The Morgan fingerprint density at radius 2 is 2.12 bits per heavy atom. The van der Waals surface area contributed by atoms with Gasteiger partial charge in [0, 0.05) is 14.1 Å². The quantitative estimate of drug-likeness (QED) is 0.475. The number of halogens is 2. The zero-order valence-corrected chi connectivity index (χ0v) is 17.2. The van der Waals surface area contributed by atoms with Crippen LogP contribution in [0.5, 0.6) is 5.75 Å². The highest BCUT2D eigenvalue weighted by molar-refractivity contribution is 14.1. The molecular weight excluding hydrogens is 466 g/mol. The lowest BCUT2D eigenvalue weighted by Crippen LogP contribution is -2.23.